The summed E-state index contributed by atoms with van der Waals surface area (Å²) in [5, 5.41) is 0.568. The van der Waals surface area contributed by atoms with Gasteiger partial charge in [-0.15, -0.1) is 0 Å². The Hall–Kier alpha value is -1.00. The summed E-state index contributed by atoms with van der Waals surface area (Å²) in [5.74, 6) is 0.187. The summed E-state index contributed by atoms with van der Waals surface area (Å²) in [4.78, 5) is 10.2. The topological polar surface area (TPSA) is 56.2 Å². The normalized spacial score (nSPS) is 9.56. The van der Waals surface area contributed by atoms with Crippen molar-refractivity contribution in [2.45, 2.75) is 6.54 Å². The molecule has 0 unspecified atom stereocenters. The molecule has 3 nitrogen and oxygen atoms in total. The van der Waals surface area contributed by atoms with Crippen molar-refractivity contribution >= 4 is 40.0 Å². The first-order valence-electron chi connectivity index (χ1n) is 4.92. The maximum atomic E-state index is 10.2. The SMILES string of the molecule is NCc1ccc(Cl)c(Cl)c1.O=C(Cl)c1ccco1. The van der Waals surface area contributed by atoms with Crippen molar-refractivity contribution in [3.63, 3.8) is 0 Å². The monoisotopic (exact) mass is 305 g/mol. The van der Waals surface area contributed by atoms with E-state index in [1.165, 1.54) is 12.3 Å². The van der Waals surface area contributed by atoms with Crippen LogP contribution in [0.4, 0.5) is 0 Å². The van der Waals surface area contributed by atoms with Crippen molar-refractivity contribution in [3.05, 3.63) is 58.0 Å². The number of benzene rings is 1. The average Bonchev–Trinajstić information content (AvgIpc) is 2.87. The van der Waals surface area contributed by atoms with E-state index in [9.17, 15) is 4.79 Å². The molecule has 18 heavy (non-hydrogen) atoms. The highest BCUT2D eigenvalue weighted by Crippen LogP contribution is 2.22. The summed E-state index contributed by atoms with van der Waals surface area (Å²) >= 11 is 16.4. The van der Waals surface area contributed by atoms with Crippen LogP contribution in [0.2, 0.25) is 10.0 Å². The number of nitrogens with two attached hydrogens (primary N) is 1. The zero-order valence-corrected chi connectivity index (χ0v) is 11.5. The van der Waals surface area contributed by atoms with E-state index in [0.717, 1.165) is 5.56 Å². The van der Waals surface area contributed by atoms with E-state index in [-0.39, 0.29) is 5.76 Å². The minimum Gasteiger partial charge on any atom is -0.460 e. The van der Waals surface area contributed by atoms with E-state index < -0.39 is 5.24 Å². The standard InChI is InChI=1S/C7H7Cl2N.C5H3ClO2/c8-6-2-1-5(4-10)3-7(6)9;6-5(7)4-2-1-3-8-4/h1-3H,4,10H2;1-3H. The van der Waals surface area contributed by atoms with Gasteiger partial charge in [-0.25, -0.2) is 0 Å². The second kappa shape index (κ2) is 7.44. The largest absolute Gasteiger partial charge is 0.460 e. The van der Waals surface area contributed by atoms with Crippen molar-refractivity contribution in [2.24, 2.45) is 5.73 Å². The highest BCUT2D eigenvalue weighted by molar-refractivity contribution is 6.67. The number of furan rings is 1. The predicted molar refractivity (Wildman–Crippen MR) is 73.2 cm³/mol. The van der Waals surface area contributed by atoms with Crippen molar-refractivity contribution in [3.8, 4) is 0 Å². The van der Waals surface area contributed by atoms with E-state index in [0.29, 0.717) is 16.6 Å². The summed E-state index contributed by atoms with van der Waals surface area (Å²) in [6, 6.07) is 8.48. The molecule has 1 aromatic carbocycles. The van der Waals surface area contributed by atoms with E-state index in [1.54, 1.807) is 18.2 Å². The molecule has 96 valence electrons. The van der Waals surface area contributed by atoms with Crippen molar-refractivity contribution in [1.82, 2.24) is 0 Å². The molecule has 0 aliphatic heterocycles. The molecule has 0 fully saturated rings. The van der Waals surface area contributed by atoms with Gasteiger partial charge in [0.2, 0.25) is 0 Å². The first-order valence-corrected chi connectivity index (χ1v) is 6.05. The lowest BCUT2D eigenvalue weighted by Crippen LogP contribution is -1.95. The quantitative estimate of drug-likeness (QED) is 0.849. The molecule has 0 amide bonds. The number of carbonyl (C=O) groups excluding carboxylic acids is 1. The minimum absolute atomic E-state index is 0.187. The second-order valence-electron chi connectivity index (χ2n) is 3.20. The zero-order valence-electron chi connectivity index (χ0n) is 9.20. The number of carbonyl (C=O) groups is 1. The summed E-state index contributed by atoms with van der Waals surface area (Å²) in [7, 11) is 0. The molecule has 0 saturated heterocycles. The Morgan fingerprint density at radius 2 is 1.94 bits per heavy atom. The van der Waals surface area contributed by atoms with Crippen LogP contribution >= 0.6 is 34.8 Å². The Kier molecular flexibility index (Phi) is 6.22. The highest BCUT2D eigenvalue weighted by Gasteiger charge is 2.01. The average molecular weight is 307 g/mol. The fraction of sp³-hybridized carbons (Fsp3) is 0.0833. The second-order valence-corrected chi connectivity index (χ2v) is 4.36. The van der Waals surface area contributed by atoms with Gasteiger partial charge in [0.1, 0.15) is 0 Å². The first kappa shape index (κ1) is 15.1. The van der Waals surface area contributed by atoms with Gasteiger partial charge in [0.15, 0.2) is 5.76 Å². The van der Waals surface area contributed by atoms with Crippen LogP contribution in [-0.4, -0.2) is 5.24 Å². The maximum absolute atomic E-state index is 10.2. The lowest BCUT2D eigenvalue weighted by molar-refractivity contribution is 0.105. The van der Waals surface area contributed by atoms with Gasteiger partial charge < -0.3 is 10.2 Å². The molecule has 6 heteroatoms. The zero-order chi connectivity index (χ0) is 13.5. The van der Waals surface area contributed by atoms with Gasteiger partial charge in [0, 0.05) is 6.54 Å². The fourth-order valence-corrected chi connectivity index (χ4v) is 1.49. The Morgan fingerprint density at radius 1 is 1.22 bits per heavy atom. The Balaban J connectivity index is 0.000000184. The van der Waals surface area contributed by atoms with Gasteiger partial charge in [0.25, 0.3) is 5.24 Å². The number of hydrogen-bond donors (Lipinski definition) is 1. The number of halogens is 3. The van der Waals surface area contributed by atoms with Crippen LogP contribution < -0.4 is 5.73 Å². The molecule has 1 heterocycles. The van der Waals surface area contributed by atoms with E-state index in [1.807, 2.05) is 6.07 Å². The Morgan fingerprint density at radius 3 is 2.33 bits per heavy atom. The third-order valence-electron chi connectivity index (χ3n) is 1.93. The molecule has 2 aromatic rings. The Labute approximate surface area is 119 Å². The molecular weight excluding hydrogens is 296 g/mol. The molecule has 2 rings (SSSR count). The molecule has 0 aliphatic carbocycles. The fourth-order valence-electron chi connectivity index (χ4n) is 1.06. The molecule has 0 radical (unpaired) electrons. The summed E-state index contributed by atoms with van der Waals surface area (Å²) in [6.07, 6.45) is 1.40. The van der Waals surface area contributed by atoms with Crippen LogP contribution in [0.25, 0.3) is 0 Å². The Bertz CT molecular complexity index is 512. The third-order valence-corrected chi connectivity index (χ3v) is 2.86. The molecule has 2 N–H and O–H groups in total. The molecule has 0 spiro atoms. The van der Waals surface area contributed by atoms with Crippen LogP contribution in [-0.2, 0) is 6.54 Å². The van der Waals surface area contributed by atoms with Gasteiger partial charge in [-0.3, -0.25) is 4.79 Å². The van der Waals surface area contributed by atoms with Crippen LogP contribution in [0, 0.1) is 0 Å². The van der Waals surface area contributed by atoms with E-state index in [4.69, 9.17) is 40.5 Å². The predicted octanol–water partition coefficient (Wildman–Crippen LogP) is 4.11. The van der Waals surface area contributed by atoms with E-state index >= 15 is 0 Å². The molecule has 0 aliphatic rings. The van der Waals surface area contributed by atoms with Crippen LogP contribution in [0.5, 0.6) is 0 Å². The van der Waals surface area contributed by atoms with Crippen molar-refractivity contribution < 1.29 is 9.21 Å². The van der Waals surface area contributed by atoms with Gasteiger partial charge in [-0.1, -0.05) is 29.3 Å². The van der Waals surface area contributed by atoms with Crippen LogP contribution in [0.3, 0.4) is 0 Å². The molecule has 0 saturated carbocycles. The number of hydrogen-bond acceptors (Lipinski definition) is 3. The van der Waals surface area contributed by atoms with Gasteiger partial charge >= 0.3 is 0 Å². The van der Waals surface area contributed by atoms with Crippen LogP contribution in [0.15, 0.2) is 41.0 Å². The maximum Gasteiger partial charge on any atom is 0.287 e. The first-order chi connectivity index (χ1) is 8.54. The van der Waals surface area contributed by atoms with Gasteiger partial charge in [0.05, 0.1) is 16.3 Å². The smallest absolute Gasteiger partial charge is 0.287 e. The highest BCUT2D eigenvalue weighted by atomic mass is 35.5. The molecular formula is C12H10Cl3NO2. The molecule has 0 atom stereocenters. The third kappa shape index (κ3) is 4.70. The van der Waals surface area contributed by atoms with Gasteiger partial charge in [-0.2, -0.15) is 0 Å². The van der Waals surface area contributed by atoms with E-state index in [2.05, 4.69) is 4.42 Å². The summed E-state index contributed by atoms with van der Waals surface area (Å²) in [5.41, 5.74) is 6.36. The minimum atomic E-state index is -0.560. The summed E-state index contributed by atoms with van der Waals surface area (Å²) in [6.45, 7) is 0.497. The molecule has 0 bridgehead atoms. The van der Waals surface area contributed by atoms with Crippen LogP contribution in [0.1, 0.15) is 16.1 Å². The lowest BCUT2D eigenvalue weighted by atomic mass is 10.2. The van der Waals surface area contributed by atoms with Crippen molar-refractivity contribution in [2.75, 3.05) is 0 Å². The lowest BCUT2D eigenvalue weighted by Gasteiger charge is -1.97. The number of rotatable bonds is 2. The van der Waals surface area contributed by atoms with Crippen molar-refractivity contribution in [1.29, 1.82) is 0 Å². The summed E-state index contributed by atoms with van der Waals surface area (Å²) < 4.78 is 4.61. The van der Waals surface area contributed by atoms with Gasteiger partial charge in [-0.05, 0) is 41.4 Å². The molecule has 1 aromatic heterocycles.